The van der Waals surface area contributed by atoms with Crippen molar-refractivity contribution in [1.82, 2.24) is 5.32 Å². The molecule has 0 bridgehead atoms. The Labute approximate surface area is 106 Å². The molecule has 0 aromatic heterocycles. The first-order chi connectivity index (χ1) is 8.26. The van der Waals surface area contributed by atoms with Crippen molar-refractivity contribution in [1.29, 1.82) is 0 Å². The minimum atomic E-state index is -1.08. The number of aliphatic hydroxyl groups is 1. The number of rotatable bonds is 2. The lowest BCUT2D eigenvalue weighted by molar-refractivity contribution is -0.324. The first-order valence-corrected chi connectivity index (χ1v) is 5.82. The van der Waals surface area contributed by atoms with Crippen LogP contribution in [0.25, 0.3) is 0 Å². The molecular weight excluding hydrogens is 238 g/mol. The number of hydrogen-bond acceptors (Lipinski definition) is 6. The molecule has 1 aliphatic rings. The predicted octanol–water partition coefficient (Wildman–Crippen LogP) is 0.192. The van der Waals surface area contributed by atoms with Gasteiger partial charge in [0.05, 0.1) is 6.10 Å². The van der Waals surface area contributed by atoms with Crippen LogP contribution in [0, 0.1) is 11.8 Å². The van der Waals surface area contributed by atoms with Gasteiger partial charge >= 0.3 is 5.97 Å². The fraction of sp³-hybridized carbons (Fsp3) is 0.750. The van der Waals surface area contributed by atoms with Crippen LogP contribution in [0.5, 0.6) is 0 Å². The van der Waals surface area contributed by atoms with E-state index in [1.807, 2.05) is 0 Å². The third-order valence-corrected chi connectivity index (χ3v) is 2.59. The molecule has 0 aromatic carbocycles. The lowest BCUT2D eigenvalue weighted by Gasteiger charge is -2.32. The molecular formula is C12H19NO5. The van der Waals surface area contributed by atoms with E-state index in [1.165, 1.54) is 0 Å². The van der Waals surface area contributed by atoms with E-state index in [9.17, 15) is 14.7 Å². The summed E-state index contributed by atoms with van der Waals surface area (Å²) in [4.78, 5) is 32.1. The van der Waals surface area contributed by atoms with Crippen molar-refractivity contribution in [2.75, 3.05) is 6.54 Å². The van der Waals surface area contributed by atoms with Crippen molar-refractivity contribution in [3.8, 4) is 0 Å². The number of aliphatic hydroxyl groups excluding tert-OH is 1. The zero-order valence-electron chi connectivity index (χ0n) is 11.0. The van der Waals surface area contributed by atoms with E-state index in [1.54, 1.807) is 33.6 Å². The molecule has 0 aromatic rings. The summed E-state index contributed by atoms with van der Waals surface area (Å²) >= 11 is 0. The van der Waals surface area contributed by atoms with Gasteiger partial charge in [-0.05, 0) is 20.8 Å². The number of hydrogen-bond donors (Lipinski definition) is 2. The normalized spacial score (nSPS) is 28.3. The maximum Gasteiger partial charge on any atom is 0.354 e. The van der Waals surface area contributed by atoms with Gasteiger partial charge in [-0.3, -0.25) is 4.89 Å². The monoisotopic (exact) mass is 257 g/mol. The first kappa shape index (κ1) is 14.7. The third kappa shape index (κ3) is 3.57. The lowest BCUT2D eigenvalue weighted by Crippen LogP contribution is -2.48. The molecule has 3 atom stereocenters. The predicted molar refractivity (Wildman–Crippen MR) is 62.8 cm³/mol. The molecule has 1 heterocycles. The molecule has 2 N–H and O–H groups in total. The Balaban J connectivity index is 2.77. The van der Waals surface area contributed by atoms with Crippen LogP contribution < -0.4 is 5.32 Å². The molecule has 6 nitrogen and oxygen atoms in total. The maximum absolute atomic E-state index is 11.8. The Hall–Kier alpha value is -1.36. The molecule has 0 aliphatic carbocycles. The second kappa shape index (κ2) is 5.52. The van der Waals surface area contributed by atoms with Crippen LogP contribution in [-0.4, -0.2) is 35.3 Å². The fourth-order valence-corrected chi connectivity index (χ4v) is 1.58. The Morgan fingerprint density at radius 1 is 1.50 bits per heavy atom. The van der Waals surface area contributed by atoms with Crippen LogP contribution in [-0.2, 0) is 19.4 Å². The summed E-state index contributed by atoms with van der Waals surface area (Å²) in [6.07, 6.45) is -0.987. The highest BCUT2D eigenvalue weighted by Crippen LogP contribution is 2.25. The van der Waals surface area contributed by atoms with Crippen molar-refractivity contribution < 1.29 is 24.5 Å². The molecule has 102 valence electrons. The van der Waals surface area contributed by atoms with E-state index in [0.29, 0.717) is 6.54 Å². The third-order valence-electron chi connectivity index (χ3n) is 2.59. The Bertz CT molecular complexity index is 367. The molecule has 6 heteroatoms. The highest BCUT2D eigenvalue weighted by Gasteiger charge is 2.40. The summed E-state index contributed by atoms with van der Waals surface area (Å²) in [6.45, 7) is 7.33. The zero-order chi connectivity index (χ0) is 13.9. The van der Waals surface area contributed by atoms with Gasteiger partial charge in [0.15, 0.2) is 0 Å². The van der Waals surface area contributed by atoms with Crippen molar-refractivity contribution in [2.45, 2.75) is 39.4 Å². The summed E-state index contributed by atoms with van der Waals surface area (Å²) in [7, 11) is 0. The number of carbonyl (C=O) groups excluding carboxylic acids is 2. The SMILES string of the molecule is CC1CNC(=C=O)C(C(=O)OOC(C)(C)C)C1O. The lowest BCUT2D eigenvalue weighted by atomic mass is 9.86. The molecule has 18 heavy (non-hydrogen) atoms. The van der Waals surface area contributed by atoms with Crippen molar-refractivity contribution >= 4 is 11.9 Å². The van der Waals surface area contributed by atoms with Crippen LogP contribution in [0.4, 0.5) is 0 Å². The molecule has 1 aliphatic heterocycles. The molecule has 0 radical (unpaired) electrons. The van der Waals surface area contributed by atoms with E-state index in [-0.39, 0.29) is 11.6 Å². The van der Waals surface area contributed by atoms with Crippen molar-refractivity contribution in [3.05, 3.63) is 5.70 Å². The smallest absolute Gasteiger partial charge is 0.354 e. The summed E-state index contributed by atoms with van der Waals surface area (Å²) in [5, 5.41) is 12.7. The first-order valence-electron chi connectivity index (χ1n) is 5.82. The van der Waals surface area contributed by atoms with Crippen LogP contribution >= 0.6 is 0 Å². The van der Waals surface area contributed by atoms with Crippen LogP contribution in [0.1, 0.15) is 27.7 Å². The zero-order valence-corrected chi connectivity index (χ0v) is 11.0. The minimum Gasteiger partial charge on any atom is -0.391 e. The Morgan fingerprint density at radius 3 is 2.61 bits per heavy atom. The van der Waals surface area contributed by atoms with E-state index in [2.05, 4.69) is 10.2 Å². The second-order valence-corrected chi connectivity index (χ2v) is 5.44. The molecule has 0 saturated carbocycles. The number of piperidine rings is 1. The van der Waals surface area contributed by atoms with Crippen LogP contribution in [0.2, 0.25) is 0 Å². The topological polar surface area (TPSA) is 84.9 Å². The molecule has 3 unspecified atom stereocenters. The average Bonchev–Trinajstić information content (AvgIpc) is 2.28. The van der Waals surface area contributed by atoms with Gasteiger partial charge < -0.3 is 10.4 Å². The van der Waals surface area contributed by atoms with E-state index >= 15 is 0 Å². The van der Waals surface area contributed by atoms with E-state index < -0.39 is 23.6 Å². The largest absolute Gasteiger partial charge is 0.391 e. The Morgan fingerprint density at radius 2 is 2.11 bits per heavy atom. The summed E-state index contributed by atoms with van der Waals surface area (Å²) < 4.78 is 0. The fourth-order valence-electron chi connectivity index (χ4n) is 1.58. The van der Waals surface area contributed by atoms with E-state index in [0.717, 1.165) is 0 Å². The highest BCUT2D eigenvalue weighted by molar-refractivity contribution is 5.79. The molecule has 1 saturated heterocycles. The average molecular weight is 257 g/mol. The van der Waals surface area contributed by atoms with E-state index in [4.69, 9.17) is 4.89 Å². The van der Waals surface area contributed by atoms with Gasteiger partial charge in [0, 0.05) is 12.5 Å². The second-order valence-electron chi connectivity index (χ2n) is 5.44. The van der Waals surface area contributed by atoms with Gasteiger partial charge in [-0.25, -0.2) is 9.59 Å². The number of carbonyl (C=O) groups is 1. The van der Waals surface area contributed by atoms with Crippen LogP contribution in [0.3, 0.4) is 0 Å². The van der Waals surface area contributed by atoms with Gasteiger partial charge in [0.2, 0.25) is 0 Å². The molecule has 1 rings (SSSR count). The number of nitrogens with one attached hydrogen (secondary N) is 1. The van der Waals surface area contributed by atoms with Gasteiger partial charge in [0.25, 0.3) is 0 Å². The quantitative estimate of drug-likeness (QED) is 0.417. The van der Waals surface area contributed by atoms with Gasteiger partial charge in [-0.15, -0.1) is 0 Å². The van der Waals surface area contributed by atoms with Crippen molar-refractivity contribution in [2.24, 2.45) is 11.8 Å². The highest BCUT2D eigenvalue weighted by atomic mass is 17.2. The van der Waals surface area contributed by atoms with Crippen molar-refractivity contribution in [3.63, 3.8) is 0 Å². The summed E-state index contributed by atoms with van der Waals surface area (Å²) in [5.41, 5.74) is -0.651. The molecule has 0 amide bonds. The summed E-state index contributed by atoms with van der Waals surface area (Å²) in [5.74, 6) is -0.422. The minimum absolute atomic E-state index is 0.00288. The summed E-state index contributed by atoms with van der Waals surface area (Å²) in [6, 6.07) is 0. The van der Waals surface area contributed by atoms with Gasteiger partial charge in [-0.2, -0.15) is 4.89 Å². The van der Waals surface area contributed by atoms with Gasteiger partial charge in [0.1, 0.15) is 23.2 Å². The molecule has 0 spiro atoms. The van der Waals surface area contributed by atoms with Crippen LogP contribution in [0.15, 0.2) is 5.70 Å². The standard InChI is InChI=1S/C12H19NO5/c1-7-5-13-8(6-14)9(10(7)15)11(16)17-18-12(2,3)4/h7,9-10,13,15H,5H2,1-4H3. The molecule has 1 fully saturated rings. The van der Waals surface area contributed by atoms with Gasteiger partial charge in [-0.1, -0.05) is 6.92 Å². The Kier molecular flexibility index (Phi) is 4.51. The maximum atomic E-state index is 11.8.